The van der Waals surface area contributed by atoms with E-state index in [1.165, 1.54) is 19.3 Å². The van der Waals surface area contributed by atoms with Gasteiger partial charge in [-0.1, -0.05) is 19.3 Å². The van der Waals surface area contributed by atoms with Gasteiger partial charge in [0.25, 0.3) is 0 Å². The molecule has 0 radical (unpaired) electrons. The summed E-state index contributed by atoms with van der Waals surface area (Å²) in [5, 5.41) is 3.56. The van der Waals surface area contributed by atoms with Crippen molar-refractivity contribution in [1.29, 1.82) is 0 Å². The zero-order valence-corrected chi connectivity index (χ0v) is 11.0. The molecule has 1 saturated heterocycles. The molecular weight excluding hydrogens is 241 g/mol. The van der Waals surface area contributed by atoms with Crippen LogP contribution in [0.3, 0.4) is 0 Å². The zero-order valence-electron chi connectivity index (χ0n) is 11.0. The summed E-state index contributed by atoms with van der Waals surface area (Å²) in [7, 11) is 0. The second-order valence-corrected chi connectivity index (χ2v) is 5.91. The number of rotatable bonds is 2. The monoisotopic (exact) mass is 264 g/mol. The molecule has 1 saturated carbocycles. The van der Waals surface area contributed by atoms with E-state index in [0.717, 1.165) is 32.5 Å². The second-order valence-electron chi connectivity index (χ2n) is 5.91. The van der Waals surface area contributed by atoms with Gasteiger partial charge in [-0.2, -0.15) is 13.2 Å². The molecule has 1 N–H and O–H groups in total. The number of nitrogens with zero attached hydrogens (tertiary/aromatic N) is 1. The van der Waals surface area contributed by atoms with Crippen LogP contribution in [0.1, 0.15) is 45.4 Å². The molecule has 1 spiro atoms. The number of hydrogen-bond acceptors (Lipinski definition) is 2. The smallest absolute Gasteiger partial charge is 0.309 e. The fourth-order valence-electron chi connectivity index (χ4n) is 3.39. The van der Waals surface area contributed by atoms with Gasteiger partial charge in [0.1, 0.15) is 0 Å². The summed E-state index contributed by atoms with van der Waals surface area (Å²) in [6, 6.07) is -0.397. The molecule has 1 aliphatic heterocycles. The molecule has 106 valence electrons. The average Bonchev–Trinajstić information content (AvgIpc) is 2.28. The lowest BCUT2D eigenvalue weighted by atomic mass is 9.80. The quantitative estimate of drug-likeness (QED) is 0.825. The lowest BCUT2D eigenvalue weighted by Crippen LogP contribution is -2.62. The first-order valence-corrected chi connectivity index (χ1v) is 6.96. The van der Waals surface area contributed by atoms with Crippen molar-refractivity contribution in [3.05, 3.63) is 0 Å². The molecular formula is C13H23F3N2. The van der Waals surface area contributed by atoms with Gasteiger partial charge in [0, 0.05) is 31.2 Å². The molecule has 1 heterocycles. The maximum Gasteiger partial charge on any atom is 0.390 e. The average molecular weight is 264 g/mol. The van der Waals surface area contributed by atoms with Gasteiger partial charge in [-0.15, -0.1) is 0 Å². The minimum Gasteiger partial charge on any atom is -0.309 e. The Kier molecular flexibility index (Phi) is 4.22. The first kappa shape index (κ1) is 14.1. The van der Waals surface area contributed by atoms with Crippen molar-refractivity contribution in [3.8, 4) is 0 Å². The van der Waals surface area contributed by atoms with Gasteiger partial charge >= 0.3 is 6.18 Å². The highest BCUT2D eigenvalue weighted by atomic mass is 19.4. The zero-order chi connectivity index (χ0) is 13.2. The van der Waals surface area contributed by atoms with E-state index >= 15 is 0 Å². The van der Waals surface area contributed by atoms with Crippen molar-refractivity contribution >= 4 is 0 Å². The Morgan fingerprint density at radius 2 is 1.89 bits per heavy atom. The Hall–Kier alpha value is -0.290. The third kappa shape index (κ3) is 3.60. The number of nitrogens with one attached hydrogen (secondary N) is 1. The summed E-state index contributed by atoms with van der Waals surface area (Å²) >= 11 is 0. The van der Waals surface area contributed by atoms with Gasteiger partial charge < -0.3 is 5.32 Å². The van der Waals surface area contributed by atoms with Crippen LogP contribution in [-0.4, -0.2) is 42.3 Å². The van der Waals surface area contributed by atoms with E-state index in [0.29, 0.717) is 0 Å². The second kappa shape index (κ2) is 5.37. The van der Waals surface area contributed by atoms with Crippen molar-refractivity contribution in [2.45, 2.75) is 63.2 Å². The van der Waals surface area contributed by atoms with Crippen molar-refractivity contribution in [3.63, 3.8) is 0 Å². The molecule has 1 unspecified atom stereocenters. The minimum atomic E-state index is -4.05. The lowest BCUT2D eigenvalue weighted by molar-refractivity contribution is -0.148. The van der Waals surface area contributed by atoms with Crippen LogP contribution in [0.15, 0.2) is 0 Å². The molecule has 1 atom stereocenters. The van der Waals surface area contributed by atoms with Crippen LogP contribution in [-0.2, 0) is 0 Å². The third-order valence-electron chi connectivity index (χ3n) is 4.37. The molecule has 0 aromatic heterocycles. The highest BCUT2D eigenvalue weighted by Crippen LogP contribution is 2.32. The molecule has 18 heavy (non-hydrogen) atoms. The van der Waals surface area contributed by atoms with Crippen molar-refractivity contribution in [1.82, 2.24) is 10.2 Å². The molecule has 2 fully saturated rings. The van der Waals surface area contributed by atoms with E-state index in [1.807, 2.05) is 4.90 Å². The van der Waals surface area contributed by atoms with Gasteiger partial charge in [0.2, 0.25) is 0 Å². The maximum atomic E-state index is 12.5. The molecule has 2 nitrogen and oxygen atoms in total. The number of piperazine rings is 1. The first-order chi connectivity index (χ1) is 8.40. The Balaban J connectivity index is 1.93. The molecule has 2 aliphatic rings. The molecule has 0 bridgehead atoms. The predicted octanol–water partition coefficient (Wildman–Crippen LogP) is 2.94. The van der Waals surface area contributed by atoms with Crippen molar-refractivity contribution < 1.29 is 13.2 Å². The fraction of sp³-hybridized carbons (Fsp3) is 1.00. The Bertz CT molecular complexity index is 266. The fourth-order valence-corrected chi connectivity index (χ4v) is 3.39. The van der Waals surface area contributed by atoms with Gasteiger partial charge in [0.15, 0.2) is 0 Å². The van der Waals surface area contributed by atoms with Gasteiger partial charge in [-0.3, -0.25) is 4.90 Å². The normalized spacial score (nSPS) is 27.3. The number of hydrogen-bond donors (Lipinski definition) is 1. The van der Waals surface area contributed by atoms with E-state index in [1.54, 1.807) is 6.92 Å². The summed E-state index contributed by atoms with van der Waals surface area (Å²) in [4.78, 5) is 2.02. The van der Waals surface area contributed by atoms with Crippen molar-refractivity contribution in [2.24, 2.45) is 0 Å². The van der Waals surface area contributed by atoms with Crippen LogP contribution >= 0.6 is 0 Å². The summed E-state index contributed by atoms with van der Waals surface area (Å²) < 4.78 is 37.4. The van der Waals surface area contributed by atoms with E-state index < -0.39 is 18.6 Å². The standard InChI is InChI=1S/C13H23F3N2/c1-11(9-13(14,15)16)18-8-7-17-12(10-18)5-3-2-4-6-12/h11,17H,2-10H2,1H3. The summed E-state index contributed by atoms with van der Waals surface area (Å²) in [6.07, 6.45) is 1.15. The van der Waals surface area contributed by atoms with Crippen LogP contribution in [0.25, 0.3) is 0 Å². The highest BCUT2D eigenvalue weighted by Gasteiger charge is 2.39. The predicted molar refractivity (Wildman–Crippen MR) is 65.5 cm³/mol. The lowest BCUT2D eigenvalue weighted by Gasteiger charge is -2.48. The van der Waals surface area contributed by atoms with Gasteiger partial charge in [0.05, 0.1) is 6.42 Å². The number of alkyl halides is 3. The van der Waals surface area contributed by atoms with Crippen LogP contribution in [0, 0.1) is 0 Å². The topological polar surface area (TPSA) is 15.3 Å². The van der Waals surface area contributed by atoms with Crippen LogP contribution in [0.2, 0.25) is 0 Å². The largest absolute Gasteiger partial charge is 0.390 e. The summed E-state index contributed by atoms with van der Waals surface area (Å²) in [5.74, 6) is 0. The van der Waals surface area contributed by atoms with E-state index in [-0.39, 0.29) is 5.54 Å². The highest BCUT2D eigenvalue weighted by molar-refractivity contribution is 4.97. The molecule has 0 amide bonds. The van der Waals surface area contributed by atoms with Gasteiger partial charge in [-0.25, -0.2) is 0 Å². The van der Waals surface area contributed by atoms with E-state index in [2.05, 4.69) is 5.32 Å². The van der Waals surface area contributed by atoms with Crippen LogP contribution < -0.4 is 5.32 Å². The minimum absolute atomic E-state index is 0.0936. The maximum absolute atomic E-state index is 12.5. The van der Waals surface area contributed by atoms with E-state index in [4.69, 9.17) is 0 Å². The molecule has 0 aromatic rings. The summed E-state index contributed by atoms with van der Waals surface area (Å²) in [5.41, 5.74) is 0.0936. The Labute approximate surface area is 107 Å². The molecule has 1 aliphatic carbocycles. The van der Waals surface area contributed by atoms with Crippen LogP contribution in [0.5, 0.6) is 0 Å². The first-order valence-electron chi connectivity index (χ1n) is 6.96. The number of halogens is 3. The molecule has 5 heteroatoms. The van der Waals surface area contributed by atoms with Crippen LogP contribution in [0.4, 0.5) is 13.2 Å². The van der Waals surface area contributed by atoms with Gasteiger partial charge in [-0.05, 0) is 19.8 Å². The summed E-state index contributed by atoms with van der Waals surface area (Å²) in [6.45, 7) is 4.04. The Morgan fingerprint density at radius 1 is 1.22 bits per heavy atom. The third-order valence-corrected chi connectivity index (χ3v) is 4.37. The Morgan fingerprint density at radius 3 is 2.50 bits per heavy atom. The molecule has 2 rings (SSSR count). The van der Waals surface area contributed by atoms with E-state index in [9.17, 15) is 13.2 Å². The SMILES string of the molecule is CC(CC(F)(F)F)N1CCNC2(CCCCC2)C1. The molecule has 0 aromatic carbocycles. The van der Waals surface area contributed by atoms with Crippen molar-refractivity contribution in [2.75, 3.05) is 19.6 Å².